The van der Waals surface area contributed by atoms with Gasteiger partial charge in [0.25, 0.3) is 0 Å². The summed E-state index contributed by atoms with van der Waals surface area (Å²) in [6.45, 7) is 0. The normalized spacial score (nSPS) is 11.6. The summed E-state index contributed by atoms with van der Waals surface area (Å²) < 4.78 is 4.32. The van der Waals surface area contributed by atoms with Crippen molar-refractivity contribution in [3.63, 3.8) is 0 Å². The molecule has 0 aliphatic carbocycles. The van der Waals surface area contributed by atoms with Gasteiger partial charge in [0.1, 0.15) is 0 Å². The molecular weight excluding hydrogens is 218 g/mol. The first-order valence-electron chi connectivity index (χ1n) is 4.23. The van der Waals surface area contributed by atoms with E-state index in [0.29, 0.717) is 5.56 Å². The first-order chi connectivity index (χ1) is 7.15. The molecule has 0 saturated carbocycles. The minimum atomic E-state index is -1.11. The summed E-state index contributed by atoms with van der Waals surface area (Å²) in [6.07, 6.45) is -0.737. The Bertz CT molecular complexity index is 353. The van der Waals surface area contributed by atoms with E-state index in [0.717, 1.165) is 0 Å². The van der Waals surface area contributed by atoms with Crippen molar-refractivity contribution in [2.24, 2.45) is 0 Å². The summed E-state index contributed by atoms with van der Waals surface area (Å²) in [6, 6.07) is 8.46. The molecule has 1 atom stereocenters. The van der Waals surface area contributed by atoms with Gasteiger partial charge in [0.05, 0.1) is 7.11 Å². The Hall–Kier alpha value is -1.55. The van der Waals surface area contributed by atoms with Crippen LogP contribution in [0, 0.1) is 0 Å². The maximum Gasteiger partial charge on any atom is 0.408 e. The van der Waals surface area contributed by atoms with Crippen molar-refractivity contribution in [2.75, 3.05) is 7.11 Å². The van der Waals surface area contributed by atoms with E-state index in [2.05, 4.69) is 10.1 Å². The van der Waals surface area contributed by atoms with E-state index < -0.39 is 11.6 Å². The summed E-state index contributed by atoms with van der Waals surface area (Å²) in [4.78, 5) is 22.4. The quantitative estimate of drug-likeness (QED) is 0.487. The zero-order valence-corrected chi connectivity index (χ0v) is 8.82. The van der Waals surface area contributed by atoms with Crippen molar-refractivity contribution in [3.8, 4) is 0 Å². The SMILES string of the molecule is COC(=O)NC(Cl)C(=O)c1ccccc1. The van der Waals surface area contributed by atoms with Crippen LogP contribution in [0.1, 0.15) is 10.4 Å². The molecule has 1 unspecified atom stereocenters. The van der Waals surface area contributed by atoms with Crippen molar-refractivity contribution in [1.29, 1.82) is 0 Å². The highest BCUT2D eigenvalue weighted by Gasteiger charge is 2.19. The van der Waals surface area contributed by atoms with Gasteiger partial charge in [0.15, 0.2) is 5.50 Å². The van der Waals surface area contributed by atoms with Crippen molar-refractivity contribution in [3.05, 3.63) is 35.9 Å². The molecule has 0 aromatic heterocycles. The van der Waals surface area contributed by atoms with E-state index in [1.54, 1.807) is 30.3 Å². The number of methoxy groups -OCH3 is 1. The zero-order valence-electron chi connectivity index (χ0n) is 8.07. The van der Waals surface area contributed by atoms with E-state index in [-0.39, 0.29) is 5.78 Å². The average molecular weight is 228 g/mol. The van der Waals surface area contributed by atoms with E-state index in [1.807, 2.05) is 0 Å². The summed E-state index contributed by atoms with van der Waals surface area (Å²) in [7, 11) is 1.20. The molecule has 0 fully saturated rings. The lowest BCUT2D eigenvalue weighted by Gasteiger charge is -2.09. The van der Waals surface area contributed by atoms with E-state index in [9.17, 15) is 9.59 Å². The van der Waals surface area contributed by atoms with Crippen LogP contribution in [0.5, 0.6) is 0 Å². The number of ketones is 1. The molecule has 1 rings (SSSR count). The third-order valence-electron chi connectivity index (χ3n) is 1.72. The highest BCUT2D eigenvalue weighted by Crippen LogP contribution is 2.06. The van der Waals surface area contributed by atoms with Gasteiger partial charge in [0.2, 0.25) is 5.78 Å². The van der Waals surface area contributed by atoms with Crippen LogP contribution in [0.15, 0.2) is 30.3 Å². The van der Waals surface area contributed by atoms with Crippen LogP contribution in [-0.4, -0.2) is 24.5 Å². The first kappa shape index (κ1) is 11.5. The Morgan fingerprint density at radius 2 is 1.93 bits per heavy atom. The van der Waals surface area contributed by atoms with Crippen LogP contribution in [0.2, 0.25) is 0 Å². The fourth-order valence-electron chi connectivity index (χ4n) is 0.977. The standard InChI is InChI=1S/C10H10ClNO3/c1-15-10(14)12-9(11)8(13)7-5-3-2-4-6-7/h2-6,9H,1H3,(H,12,14). The van der Waals surface area contributed by atoms with E-state index >= 15 is 0 Å². The van der Waals surface area contributed by atoms with E-state index in [1.165, 1.54) is 7.11 Å². The van der Waals surface area contributed by atoms with Gasteiger partial charge in [-0.25, -0.2) is 4.79 Å². The van der Waals surface area contributed by atoms with Crippen LogP contribution in [0.4, 0.5) is 4.79 Å². The largest absolute Gasteiger partial charge is 0.453 e. The number of ether oxygens (including phenoxy) is 1. The Labute approximate surface area is 92.2 Å². The van der Waals surface area contributed by atoms with Crippen LogP contribution < -0.4 is 5.32 Å². The van der Waals surface area contributed by atoms with Crippen molar-refractivity contribution < 1.29 is 14.3 Å². The molecule has 0 radical (unpaired) electrons. The fourth-order valence-corrected chi connectivity index (χ4v) is 1.19. The van der Waals surface area contributed by atoms with Gasteiger partial charge in [-0.1, -0.05) is 41.9 Å². The lowest BCUT2D eigenvalue weighted by atomic mass is 10.1. The maximum atomic E-state index is 11.6. The Morgan fingerprint density at radius 3 is 2.47 bits per heavy atom. The first-order valence-corrected chi connectivity index (χ1v) is 4.66. The molecule has 1 aromatic rings. The topological polar surface area (TPSA) is 55.4 Å². The molecule has 0 saturated heterocycles. The number of amides is 1. The van der Waals surface area contributed by atoms with Gasteiger partial charge < -0.3 is 4.74 Å². The minimum absolute atomic E-state index is 0.373. The highest BCUT2D eigenvalue weighted by atomic mass is 35.5. The van der Waals surface area contributed by atoms with E-state index in [4.69, 9.17) is 11.6 Å². The molecule has 1 aromatic carbocycles. The van der Waals surface area contributed by atoms with Gasteiger partial charge in [-0.3, -0.25) is 10.1 Å². The number of hydrogen-bond acceptors (Lipinski definition) is 3. The zero-order chi connectivity index (χ0) is 11.3. The third-order valence-corrected chi connectivity index (χ3v) is 2.03. The highest BCUT2D eigenvalue weighted by molar-refractivity contribution is 6.34. The second-order valence-electron chi connectivity index (χ2n) is 2.73. The summed E-state index contributed by atoms with van der Waals surface area (Å²) >= 11 is 5.68. The molecule has 0 aliphatic rings. The molecule has 1 N–H and O–H groups in total. The molecule has 80 valence electrons. The van der Waals surface area contributed by atoms with Gasteiger partial charge in [-0.05, 0) is 0 Å². The molecule has 1 amide bonds. The lowest BCUT2D eigenvalue weighted by Crippen LogP contribution is -2.36. The molecule has 5 heteroatoms. The molecule has 15 heavy (non-hydrogen) atoms. The maximum absolute atomic E-state index is 11.6. The fraction of sp³-hybridized carbons (Fsp3) is 0.200. The number of alkyl carbamates (subject to hydrolysis) is 1. The van der Waals surface area contributed by atoms with Crippen LogP contribution in [0.25, 0.3) is 0 Å². The van der Waals surface area contributed by atoms with Crippen LogP contribution >= 0.6 is 11.6 Å². The molecule has 0 bridgehead atoms. The molecule has 0 spiro atoms. The van der Waals surface area contributed by atoms with Gasteiger partial charge in [-0.15, -0.1) is 0 Å². The Balaban J connectivity index is 2.65. The van der Waals surface area contributed by atoms with Crippen molar-refractivity contribution >= 4 is 23.5 Å². The van der Waals surface area contributed by atoms with Crippen molar-refractivity contribution in [1.82, 2.24) is 5.32 Å². The van der Waals surface area contributed by atoms with Gasteiger partial charge in [0, 0.05) is 5.56 Å². The second kappa shape index (κ2) is 5.36. The van der Waals surface area contributed by atoms with Crippen LogP contribution in [-0.2, 0) is 4.74 Å². The number of halogens is 1. The number of nitrogens with one attached hydrogen (secondary N) is 1. The molecule has 0 aliphatic heterocycles. The molecular formula is C10H10ClNO3. The summed E-state index contributed by atoms with van der Waals surface area (Å²) in [5, 5.41) is 2.18. The Kier molecular flexibility index (Phi) is 4.12. The second-order valence-corrected chi connectivity index (χ2v) is 3.17. The Morgan fingerprint density at radius 1 is 1.33 bits per heavy atom. The average Bonchev–Trinajstić information content (AvgIpc) is 2.29. The number of hydrogen-bond donors (Lipinski definition) is 1. The number of rotatable bonds is 3. The smallest absolute Gasteiger partial charge is 0.408 e. The predicted octanol–water partition coefficient (Wildman–Crippen LogP) is 1.79. The van der Waals surface area contributed by atoms with Gasteiger partial charge in [-0.2, -0.15) is 0 Å². The number of carbonyl (C=O) groups excluding carboxylic acids is 2. The van der Waals surface area contributed by atoms with Crippen LogP contribution in [0.3, 0.4) is 0 Å². The molecule has 4 nitrogen and oxygen atoms in total. The summed E-state index contributed by atoms with van der Waals surface area (Å²) in [5.74, 6) is -0.373. The number of alkyl halides is 1. The number of carbonyl (C=O) groups is 2. The number of Topliss-reactive ketones (excluding diaryl/α,β-unsaturated/α-hetero) is 1. The monoisotopic (exact) mass is 227 g/mol. The lowest BCUT2D eigenvalue weighted by molar-refractivity contribution is 0.0967. The third kappa shape index (κ3) is 3.25. The minimum Gasteiger partial charge on any atom is -0.453 e. The molecule has 0 heterocycles. The summed E-state index contributed by atoms with van der Waals surface area (Å²) in [5.41, 5.74) is -0.672. The number of benzene rings is 1. The predicted molar refractivity (Wildman–Crippen MR) is 56.0 cm³/mol. The van der Waals surface area contributed by atoms with Crippen molar-refractivity contribution in [2.45, 2.75) is 5.50 Å². The van der Waals surface area contributed by atoms with Gasteiger partial charge >= 0.3 is 6.09 Å².